The molecule has 19 heavy (non-hydrogen) atoms. The lowest BCUT2D eigenvalue weighted by atomic mass is 10.3. The highest BCUT2D eigenvalue weighted by Gasteiger charge is 2.22. The minimum Gasteiger partial charge on any atom is -0.465 e. The maximum absolute atomic E-state index is 10.8. The first-order valence-electron chi connectivity index (χ1n) is 5.84. The Labute approximate surface area is 118 Å². The number of carbonyl (C=O) groups is 1. The van der Waals surface area contributed by atoms with Gasteiger partial charge >= 0.3 is 6.09 Å². The fourth-order valence-corrected chi connectivity index (χ4v) is 3.39. The Morgan fingerprint density at radius 3 is 2.74 bits per heavy atom. The van der Waals surface area contributed by atoms with Crippen molar-refractivity contribution in [2.24, 2.45) is 0 Å². The van der Waals surface area contributed by atoms with Gasteiger partial charge in [-0.05, 0) is 11.4 Å². The average Bonchev–Trinajstić information content (AvgIpc) is 3.10. The van der Waals surface area contributed by atoms with Crippen LogP contribution in [0.3, 0.4) is 0 Å². The van der Waals surface area contributed by atoms with Crippen LogP contribution in [0.2, 0.25) is 0 Å². The van der Waals surface area contributed by atoms with Gasteiger partial charge in [0.2, 0.25) is 5.13 Å². The van der Waals surface area contributed by atoms with Gasteiger partial charge in [-0.3, -0.25) is 0 Å². The van der Waals surface area contributed by atoms with Crippen LogP contribution in [0.1, 0.15) is 0 Å². The smallest absolute Gasteiger partial charge is 0.407 e. The van der Waals surface area contributed by atoms with Gasteiger partial charge in [-0.1, -0.05) is 6.07 Å². The average molecular weight is 296 g/mol. The highest BCUT2D eigenvalue weighted by Crippen LogP contribution is 2.27. The summed E-state index contributed by atoms with van der Waals surface area (Å²) in [7, 11) is 0. The first-order valence-corrected chi connectivity index (χ1v) is 7.50. The SMILES string of the molecule is O=C(O)N1CCN(c2nc(-c3cccs3)ns2)CC1. The van der Waals surface area contributed by atoms with E-state index in [0.717, 1.165) is 15.8 Å². The Kier molecular flexibility index (Phi) is 3.34. The molecule has 100 valence electrons. The van der Waals surface area contributed by atoms with Crippen LogP contribution in [0.4, 0.5) is 9.93 Å². The molecule has 2 aromatic rings. The van der Waals surface area contributed by atoms with E-state index in [9.17, 15) is 4.79 Å². The minimum atomic E-state index is -0.851. The molecule has 2 aromatic heterocycles. The maximum Gasteiger partial charge on any atom is 0.407 e. The molecule has 0 aromatic carbocycles. The van der Waals surface area contributed by atoms with E-state index in [1.807, 2.05) is 17.5 Å². The zero-order valence-corrected chi connectivity index (χ0v) is 11.7. The van der Waals surface area contributed by atoms with Gasteiger partial charge in [0.15, 0.2) is 5.82 Å². The first-order chi connectivity index (χ1) is 9.24. The molecule has 0 spiro atoms. The van der Waals surface area contributed by atoms with Crippen LogP contribution in [-0.2, 0) is 0 Å². The number of hydrogen-bond donors (Lipinski definition) is 1. The second-order valence-electron chi connectivity index (χ2n) is 4.13. The third-order valence-electron chi connectivity index (χ3n) is 2.98. The number of piperazine rings is 1. The molecule has 0 radical (unpaired) electrons. The molecule has 1 aliphatic heterocycles. The van der Waals surface area contributed by atoms with Crippen LogP contribution >= 0.6 is 22.9 Å². The number of hydrogen-bond acceptors (Lipinski definition) is 6. The largest absolute Gasteiger partial charge is 0.465 e. The Hall–Kier alpha value is -1.67. The zero-order valence-electron chi connectivity index (χ0n) is 10.0. The van der Waals surface area contributed by atoms with Gasteiger partial charge in [0, 0.05) is 37.7 Å². The molecule has 0 atom stereocenters. The van der Waals surface area contributed by atoms with Crippen LogP contribution in [0.25, 0.3) is 10.7 Å². The Morgan fingerprint density at radius 2 is 2.11 bits per heavy atom. The second kappa shape index (κ2) is 5.14. The normalized spacial score (nSPS) is 15.8. The molecule has 1 aliphatic rings. The van der Waals surface area contributed by atoms with Crippen molar-refractivity contribution in [2.45, 2.75) is 0 Å². The maximum atomic E-state index is 10.8. The Morgan fingerprint density at radius 1 is 1.32 bits per heavy atom. The molecule has 0 saturated carbocycles. The summed E-state index contributed by atoms with van der Waals surface area (Å²) < 4.78 is 4.36. The van der Waals surface area contributed by atoms with Crippen molar-refractivity contribution in [3.05, 3.63) is 17.5 Å². The molecular weight excluding hydrogens is 284 g/mol. The van der Waals surface area contributed by atoms with E-state index >= 15 is 0 Å². The second-order valence-corrected chi connectivity index (χ2v) is 5.81. The van der Waals surface area contributed by atoms with Crippen molar-refractivity contribution in [3.63, 3.8) is 0 Å². The molecule has 1 N–H and O–H groups in total. The van der Waals surface area contributed by atoms with E-state index in [1.165, 1.54) is 16.4 Å². The van der Waals surface area contributed by atoms with Gasteiger partial charge in [0.05, 0.1) is 4.88 Å². The summed E-state index contributed by atoms with van der Waals surface area (Å²) in [5.74, 6) is 0.760. The number of rotatable bonds is 2. The summed E-state index contributed by atoms with van der Waals surface area (Å²) in [6, 6.07) is 3.98. The first kappa shape index (κ1) is 12.4. The highest BCUT2D eigenvalue weighted by molar-refractivity contribution is 7.14. The predicted molar refractivity (Wildman–Crippen MR) is 75.0 cm³/mol. The summed E-state index contributed by atoms with van der Waals surface area (Å²) in [5, 5.41) is 11.8. The minimum absolute atomic E-state index is 0.517. The fourth-order valence-electron chi connectivity index (χ4n) is 1.94. The molecule has 1 fully saturated rings. The van der Waals surface area contributed by atoms with Crippen molar-refractivity contribution in [1.82, 2.24) is 14.3 Å². The number of anilines is 1. The van der Waals surface area contributed by atoms with Crippen LogP contribution in [-0.4, -0.2) is 51.6 Å². The summed E-state index contributed by atoms with van der Waals surface area (Å²) in [6.07, 6.45) is -0.851. The number of nitrogens with zero attached hydrogens (tertiary/aromatic N) is 4. The van der Waals surface area contributed by atoms with E-state index in [4.69, 9.17) is 5.11 Å². The number of amides is 1. The lowest BCUT2D eigenvalue weighted by Crippen LogP contribution is -2.48. The molecule has 1 saturated heterocycles. The summed E-state index contributed by atoms with van der Waals surface area (Å²) in [6.45, 7) is 2.38. The van der Waals surface area contributed by atoms with E-state index in [-0.39, 0.29) is 0 Å². The monoisotopic (exact) mass is 296 g/mol. The third-order valence-corrected chi connectivity index (χ3v) is 4.62. The molecule has 3 heterocycles. The molecule has 0 aliphatic carbocycles. The summed E-state index contributed by atoms with van der Waals surface area (Å²) >= 11 is 2.99. The van der Waals surface area contributed by atoms with E-state index in [1.54, 1.807) is 11.3 Å². The Bertz CT molecular complexity index is 561. The lowest BCUT2D eigenvalue weighted by Gasteiger charge is -2.32. The molecule has 8 heteroatoms. The molecule has 3 rings (SSSR count). The van der Waals surface area contributed by atoms with Crippen molar-refractivity contribution >= 4 is 34.1 Å². The number of aromatic nitrogens is 2. The van der Waals surface area contributed by atoms with Crippen LogP contribution in [0.5, 0.6) is 0 Å². The molecule has 0 unspecified atom stereocenters. The van der Waals surface area contributed by atoms with Crippen LogP contribution < -0.4 is 4.90 Å². The molecule has 0 bridgehead atoms. The van der Waals surface area contributed by atoms with E-state index in [0.29, 0.717) is 26.2 Å². The van der Waals surface area contributed by atoms with Crippen LogP contribution in [0, 0.1) is 0 Å². The van der Waals surface area contributed by atoms with Crippen LogP contribution in [0.15, 0.2) is 17.5 Å². The standard InChI is InChI=1S/C11H12N4O2S2/c16-11(17)15-5-3-14(4-6-15)10-12-9(13-19-10)8-2-1-7-18-8/h1-2,7H,3-6H2,(H,16,17). The van der Waals surface area contributed by atoms with Gasteiger partial charge in [0.25, 0.3) is 0 Å². The Balaban J connectivity index is 1.69. The molecule has 6 nitrogen and oxygen atoms in total. The van der Waals surface area contributed by atoms with Crippen molar-refractivity contribution in [2.75, 3.05) is 31.1 Å². The quantitative estimate of drug-likeness (QED) is 0.918. The third kappa shape index (κ3) is 2.54. The lowest BCUT2D eigenvalue weighted by molar-refractivity contribution is 0.142. The fraction of sp³-hybridized carbons (Fsp3) is 0.364. The van der Waals surface area contributed by atoms with Gasteiger partial charge in [-0.25, -0.2) is 4.79 Å². The van der Waals surface area contributed by atoms with Gasteiger partial charge in [0.1, 0.15) is 0 Å². The summed E-state index contributed by atoms with van der Waals surface area (Å²) in [5.41, 5.74) is 0. The van der Waals surface area contributed by atoms with Crippen molar-refractivity contribution in [3.8, 4) is 10.7 Å². The number of carboxylic acid groups (broad SMARTS) is 1. The van der Waals surface area contributed by atoms with Gasteiger partial charge in [-0.15, -0.1) is 11.3 Å². The van der Waals surface area contributed by atoms with E-state index < -0.39 is 6.09 Å². The molecule has 1 amide bonds. The highest BCUT2D eigenvalue weighted by atomic mass is 32.1. The zero-order chi connectivity index (χ0) is 13.2. The summed E-state index contributed by atoms with van der Waals surface area (Å²) in [4.78, 5) is 19.9. The van der Waals surface area contributed by atoms with Gasteiger partial charge < -0.3 is 14.9 Å². The number of thiophene rings is 1. The predicted octanol–water partition coefficient (Wildman–Crippen LogP) is 2.07. The van der Waals surface area contributed by atoms with Crippen molar-refractivity contribution in [1.29, 1.82) is 0 Å². The molecular formula is C11H12N4O2S2. The van der Waals surface area contributed by atoms with Gasteiger partial charge in [-0.2, -0.15) is 9.36 Å². The van der Waals surface area contributed by atoms with Crippen molar-refractivity contribution < 1.29 is 9.90 Å². The topological polar surface area (TPSA) is 69.6 Å². The van der Waals surface area contributed by atoms with E-state index in [2.05, 4.69) is 14.3 Å².